The van der Waals surface area contributed by atoms with E-state index in [4.69, 9.17) is 34.8 Å². The SMILES string of the molecule is Clc1ccc(Cn2ccc3c(Cl)cc(Cl)cc32)cc1. The van der Waals surface area contributed by atoms with Crippen LogP contribution in [0.5, 0.6) is 0 Å². The maximum absolute atomic E-state index is 6.18. The van der Waals surface area contributed by atoms with Gasteiger partial charge in [-0.1, -0.05) is 46.9 Å². The monoisotopic (exact) mass is 309 g/mol. The minimum Gasteiger partial charge on any atom is -0.343 e. The molecule has 4 heteroatoms. The molecule has 96 valence electrons. The van der Waals surface area contributed by atoms with Gasteiger partial charge in [-0.3, -0.25) is 0 Å². The topological polar surface area (TPSA) is 4.93 Å². The zero-order chi connectivity index (χ0) is 13.4. The molecule has 0 saturated carbocycles. The summed E-state index contributed by atoms with van der Waals surface area (Å²) in [6.45, 7) is 0.761. The van der Waals surface area contributed by atoms with Crippen LogP contribution in [-0.2, 0) is 6.54 Å². The average Bonchev–Trinajstić information content (AvgIpc) is 2.76. The third kappa shape index (κ3) is 2.59. The molecule has 0 amide bonds. The third-order valence-corrected chi connectivity index (χ3v) is 3.85. The van der Waals surface area contributed by atoms with Crippen molar-refractivity contribution < 1.29 is 0 Å². The fourth-order valence-electron chi connectivity index (χ4n) is 2.14. The van der Waals surface area contributed by atoms with Gasteiger partial charge < -0.3 is 4.57 Å². The molecular weight excluding hydrogens is 301 g/mol. The molecule has 1 aromatic heterocycles. The average molecular weight is 311 g/mol. The van der Waals surface area contributed by atoms with Gasteiger partial charge in [0, 0.05) is 28.2 Å². The first-order valence-electron chi connectivity index (χ1n) is 5.82. The van der Waals surface area contributed by atoms with Crippen LogP contribution in [0, 0.1) is 0 Å². The Morgan fingerprint density at radius 3 is 2.32 bits per heavy atom. The number of rotatable bonds is 2. The molecule has 2 aromatic carbocycles. The maximum atomic E-state index is 6.18. The van der Waals surface area contributed by atoms with E-state index in [1.807, 2.05) is 42.6 Å². The summed E-state index contributed by atoms with van der Waals surface area (Å²) in [7, 11) is 0. The Kier molecular flexibility index (Phi) is 3.44. The van der Waals surface area contributed by atoms with Crippen molar-refractivity contribution in [3.63, 3.8) is 0 Å². The van der Waals surface area contributed by atoms with E-state index >= 15 is 0 Å². The molecule has 0 aliphatic heterocycles. The quantitative estimate of drug-likeness (QED) is 0.576. The lowest BCUT2D eigenvalue weighted by Crippen LogP contribution is -1.97. The number of halogens is 3. The number of benzene rings is 2. The van der Waals surface area contributed by atoms with E-state index in [2.05, 4.69) is 4.57 Å². The van der Waals surface area contributed by atoms with Crippen molar-refractivity contribution in [1.82, 2.24) is 4.57 Å². The van der Waals surface area contributed by atoms with Gasteiger partial charge >= 0.3 is 0 Å². The lowest BCUT2D eigenvalue weighted by Gasteiger charge is -2.07. The second kappa shape index (κ2) is 5.09. The molecule has 0 N–H and O–H groups in total. The maximum Gasteiger partial charge on any atom is 0.0514 e. The first-order valence-corrected chi connectivity index (χ1v) is 6.95. The summed E-state index contributed by atoms with van der Waals surface area (Å²) in [5, 5.41) is 3.08. The van der Waals surface area contributed by atoms with Crippen LogP contribution in [0.15, 0.2) is 48.7 Å². The number of hydrogen-bond acceptors (Lipinski definition) is 0. The Morgan fingerprint density at radius 1 is 0.842 bits per heavy atom. The van der Waals surface area contributed by atoms with Gasteiger partial charge in [-0.15, -0.1) is 0 Å². The zero-order valence-corrected chi connectivity index (χ0v) is 12.2. The van der Waals surface area contributed by atoms with Crippen molar-refractivity contribution >= 4 is 45.7 Å². The van der Waals surface area contributed by atoms with Crippen LogP contribution in [0.2, 0.25) is 15.1 Å². The van der Waals surface area contributed by atoms with Gasteiger partial charge in [-0.05, 0) is 35.9 Å². The number of aromatic nitrogens is 1. The predicted octanol–water partition coefficient (Wildman–Crippen LogP) is 5.65. The molecule has 1 heterocycles. The highest BCUT2D eigenvalue weighted by atomic mass is 35.5. The van der Waals surface area contributed by atoms with E-state index in [0.717, 1.165) is 22.5 Å². The van der Waals surface area contributed by atoms with Crippen LogP contribution in [0.25, 0.3) is 10.9 Å². The minimum absolute atomic E-state index is 0.647. The summed E-state index contributed by atoms with van der Waals surface area (Å²) in [6, 6.07) is 13.5. The van der Waals surface area contributed by atoms with E-state index in [1.54, 1.807) is 6.07 Å². The number of hydrogen-bond donors (Lipinski definition) is 0. The van der Waals surface area contributed by atoms with Crippen molar-refractivity contribution in [3.05, 3.63) is 69.3 Å². The van der Waals surface area contributed by atoms with E-state index < -0.39 is 0 Å². The summed E-state index contributed by atoms with van der Waals surface area (Å²) in [4.78, 5) is 0. The molecule has 0 spiro atoms. The largest absolute Gasteiger partial charge is 0.343 e. The molecule has 0 fully saturated rings. The second-order valence-electron chi connectivity index (χ2n) is 4.39. The molecule has 0 unspecified atom stereocenters. The molecular formula is C15H10Cl3N. The predicted molar refractivity (Wildman–Crippen MR) is 82.5 cm³/mol. The lowest BCUT2D eigenvalue weighted by atomic mass is 10.2. The highest BCUT2D eigenvalue weighted by Gasteiger charge is 2.06. The third-order valence-electron chi connectivity index (χ3n) is 3.07. The summed E-state index contributed by atoms with van der Waals surface area (Å²) in [5.74, 6) is 0. The highest BCUT2D eigenvalue weighted by molar-refractivity contribution is 6.38. The summed E-state index contributed by atoms with van der Waals surface area (Å²) in [5.41, 5.74) is 2.21. The van der Waals surface area contributed by atoms with Crippen molar-refractivity contribution in [2.45, 2.75) is 6.54 Å². The van der Waals surface area contributed by atoms with Crippen LogP contribution in [-0.4, -0.2) is 4.57 Å². The molecule has 0 saturated heterocycles. The smallest absolute Gasteiger partial charge is 0.0514 e. The van der Waals surface area contributed by atoms with Gasteiger partial charge in [0.2, 0.25) is 0 Å². The molecule has 0 atom stereocenters. The van der Waals surface area contributed by atoms with E-state index in [0.29, 0.717) is 10.0 Å². The van der Waals surface area contributed by atoms with Crippen LogP contribution >= 0.6 is 34.8 Å². The molecule has 0 aliphatic rings. The number of nitrogens with zero attached hydrogens (tertiary/aromatic N) is 1. The van der Waals surface area contributed by atoms with Gasteiger partial charge in [0.15, 0.2) is 0 Å². The minimum atomic E-state index is 0.647. The van der Waals surface area contributed by atoms with E-state index in [-0.39, 0.29) is 0 Å². The number of fused-ring (bicyclic) bond motifs is 1. The molecule has 0 radical (unpaired) electrons. The van der Waals surface area contributed by atoms with Crippen LogP contribution in [0.1, 0.15) is 5.56 Å². The van der Waals surface area contributed by atoms with E-state index in [1.165, 1.54) is 5.56 Å². The van der Waals surface area contributed by atoms with Gasteiger partial charge in [0.1, 0.15) is 0 Å². The molecule has 3 rings (SSSR count). The Balaban J connectivity index is 2.03. The van der Waals surface area contributed by atoms with Gasteiger partial charge in [0.05, 0.1) is 10.5 Å². The fourth-order valence-corrected chi connectivity index (χ4v) is 2.81. The van der Waals surface area contributed by atoms with Gasteiger partial charge in [-0.25, -0.2) is 0 Å². The van der Waals surface area contributed by atoms with Crippen LogP contribution in [0.3, 0.4) is 0 Å². The highest BCUT2D eigenvalue weighted by Crippen LogP contribution is 2.29. The molecule has 0 aliphatic carbocycles. The van der Waals surface area contributed by atoms with Crippen molar-refractivity contribution in [2.75, 3.05) is 0 Å². The molecule has 1 nitrogen and oxygen atoms in total. The lowest BCUT2D eigenvalue weighted by molar-refractivity contribution is 0.837. The van der Waals surface area contributed by atoms with Crippen molar-refractivity contribution in [1.29, 1.82) is 0 Å². The van der Waals surface area contributed by atoms with Crippen LogP contribution < -0.4 is 0 Å². The fraction of sp³-hybridized carbons (Fsp3) is 0.0667. The summed E-state index contributed by atoms with van der Waals surface area (Å²) in [6.07, 6.45) is 2.02. The summed E-state index contributed by atoms with van der Waals surface area (Å²) >= 11 is 18.1. The first-order chi connectivity index (χ1) is 9.13. The van der Waals surface area contributed by atoms with Crippen molar-refractivity contribution in [3.8, 4) is 0 Å². The Labute approximate surface area is 126 Å². The molecule has 3 aromatic rings. The van der Waals surface area contributed by atoms with Crippen LogP contribution in [0.4, 0.5) is 0 Å². The molecule has 0 bridgehead atoms. The molecule has 19 heavy (non-hydrogen) atoms. The Morgan fingerprint density at radius 2 is 1.58 bits per heavy atom. The zero-order valence-electron chi connectivity index (χ0n) is 9.91. The van der Waals surface area contributed by atoms with Crippen molar-refractivity contribution in [2.24, 2.45) is 0 Å². The Bertz CT molecular complexity index is 729. The first kappa shape index (κ1) is 12.9. The second-order valence-corrected chi connectivity index (χ2v) is 5.67. The Hall–Kier alpha value is -1.15. The van der Waals surface area contributed by atoms with E-state index in [9.17, 15) is 0 Å². The van der Waals surface area contributed by atoms with Gasteiger partial charge in [-0.2, -0.15) is 0 Å². The normalized spacial score (nSPS) is 11.1. The standard InChI is InChI=1S/C15H10Cl3N/c16-11-3-1-10(2-4-11)9-19-6-5-13-14(18)7-12(17)8-15(13)19/h1-8H,9H2. The van der Waals surface area contributed by atoms with Gasteiger partial charge in [0.25, 0.3) is 0 Å². The summed E-state index contributed by atoms with van der Waals surface area (Å²) < 4.78 is 2.12.